The van der Waals surface area contributed by atoms with Gasteiger partial charge in [0, 0.05) is 26.7 Å². The van der Waals surface area contributed by atoms with Crippen LogP contribution in [0.3, 0.4) is 0 Å². The zero-order valence-electron chi connectivity index (χ0n) is 10.7. The minimum Gasteiger partial charge on any atom is -0.481 e. The van der Waals surface area contributed by atoms with Crippen molar-refractivity contribution >= 4 is 16.2 Å². The van der Waals surface area contributed by atoms with Gasteiger partial charge < -0.3 is 10.2 Å². The topological polar surface area (TPSA) is 98.2 Å². The van der Waals surface area contributed by atoms with Gasteiger partial charge in [0.1, 0.15) is 0 Å². The summed E-state index contributed by atoms with van der Waals surface area (Å²) in [6, 6.07) is 0. The van der Waals surface area contributed by atoms with Crippen molar-refractivity contribution in [2.24, 2.45) is 0 Å². The minimum absolute atomic E-state index is 0.0691. The second-order valence-electron chi connectivity index (χ2n) is 4.72. The summed E-state index contributed by atoms with van der Waals surface area (Å²) in [4.78, 5) is 10.4. The molecule has 0 unspecified atom stereocenters. The van der Waals surface area contributed by atoms with E-state index in [1.54, 1.807) is 0 Å². The molecule has 1 aliphatic rings. The Balaban J connectivity index is 2.54. The highest BCUT2D eigenvalue weighted by Gasteiger charge is 2.47. The molecule has 0 amide bonds. The highest BCUT2D eigenvalue weighted by Crippen LogP contribution is 2.29. The molecule has 2 N–H and O–H groups in total. The van der Waals surface area contributed by atoms with E-state index in [1.807, 2.05) is 6.92 Å². The van der Waals surface area contributed by atoms with Crippen LogP contribution in [-0.4, -0.2) is 65.5 Å². The van der Waals surface area contributed by atoms with Gasteiger partial charge in [-0.15, -0.1) is 0 Å². The van der Waals surface area contributed by atoms with E-state index in [9.17, 15) is 18.3 Å². The van der Waals surface area contributed by atoms with Gasteiger partial charge in [-0.05, 0) is 6.42 Å². The Morgan fingerprint density at radius 3 is 2.44 bits per heavy atom. The zero-order chi connectivity index (χ0) is 14.0. The molecule has 0 aliphatic carbocycles. The van der Waals surface area contributed by atoms with Gasteiger partial charge in [0.2, 0.25) is 0 Å². The number of hydrogen-bond acceptors (Lipinski definition) is 4. The van der Waals surface area contributed by atoms with Crippen LogP contribution in [0.15, 0.2) is 0 Å². The molecule has 1 rings (SSSR count). The van der Waals surface area contributed by atoms with Gasteiger partial charge in [-0.3, -0.25) is 4.79 Å². The van der Waals surface area contributed by atoms with E-state index in [-0.39, 0.29) is 26.1 Å². The maximum Gasteiger partial charge on any atom is 0.304 e. The zero-order valence-corrected chi connectivity index (χ0v) is 11.5. The predicted octanol–water partition coefficient (Wildman–Crippen LogP) is -0.515. The summed E-state index contributed by atoms with van der Waals surface area (Å²) in [6.45, 7) is 2.02. The van der Waals surface area contributed by atoms with Crippen molar-refractivity contribution < 1.29 is 23.4 Å². The van der Waals surface area contributed by atoms with Crippen LogP contribution in [0.4, 0.5) is 0 Å². The number of aliphatic hydroxyl groups is 1. The number of β-amino-alcohol motifs (C(OH)–C–C–N with tert-alkyl or cyclic N) is 1. The van der Waals surface area contributed by atoms with Crippen LogP contribution in [0.1, 0.15) is 26.2 Å². The lowest BCUT2D eigenvalue weighted by atomic mass is 9.92. The summed E-state index contributed by atoms with van der Waals surface area (Å²) in [6.07, 6.45) is 1.12. The molecule has 1 fully saturated rings. The van der Waals surface area contributed by atoms with Crippen LogP contribution in [0, 0.1) is 0 Å². The normalized spacial score (nSPS) is 19.8. The Morgan fingerprint density at radius 1 is 1.44 bits per heavy atom. The first-order valence-electron chi connectivity index (χ1n) is 5.87. The summed E-state index contributed by atoms with van der Waals surface area (Å²) in [5.74, 6) is -1.04. The van der Waals surface area contributed by atoms with Gasteiger partial charge in [0.05, 0.1) is 12.0 Å². The standard InChI is InChI=1S/C10H20N2O5S/c1-3-5-10(15)7-12(8-10)18(16,17)11(2)6-4-9(13)14/h15H,3-8H2,1-2H3,(H,13,14). The molecule has 0 aromatic carbocycles. The van der Waals surface area contributed by atoms with Crippen LogP contribution in [0.2, 0.25) is 0 Å². The van der Waals surface area contributed by atoms with Crippen molar-refractivity contribution in [3.8, 4) is 0 Å². The second-order valence-corrected chi connectivity index (χ2v) is 6.75. The van der Waals surface area contributed by atoms with Gasteiger partial charge in [0.15, 0.2) is 0 Å². The van der Waals surface area contributed by atoms with Gasteiger partial charge in [-0.25, -0.2) is 0 Å². The quantitative estimate of drug-likeness (QED) is 0.654. The first-order chi connectivity index (χ1) is 8.21. The third kappa shape index (κ3) is 3.41. The molecule has 1 aliphatic heterocycles. The molecule has 8 heteroatoms. The van der Waals surface area contributed by atoms with Crippen LogP contribution >= 0.6 is 0 Å². The number of carbonyl (C=O) groups is 1. The van der Waals surface area contributed by atoms with Crippen molar-refractivity contribution in [3.63, 3.8) is 0 Å². The summed E-state index contributed by atoms with van der Waals surface area (Å²) in [7, 11) is -2.30. The van der Waals surface area contributed by atoms with E-state index in [2.05, 4.69) is 0 Å². The van der Waals surface area contributed by atoms with Crippen LogP contribution in [-0.2, 0) is 15.0 Å². The van der Waals surface area contributed by atoms with Crippen molar-refractivity contribution in [1.82, 2.24) is 8.61 Å². The lowest BCUT2D eigenvalue weighted by Gasteiger charge is -2.46. The molecule has 0 saturated carbocycles. The van der Waals surface area contributed by atoms with E-state index in [0.717, 1.165) is 10.7 Å². The maximum absolute atomic E-state index is 12.0. The monoisotopic (exact) mass is 280 g/mol. The average Bonchev–Trinajstić information content (AvgIpc) is 2.22. The molecule has 0 radical (unpaired) electrons. The minimum atomic E-state index is -3.64. The predicted molar refractivity (Wildman–Crippen MR) is 65.2 cm³/mol. The molecule has 0 aromatic heterocycles. The summed E-state index contributed by atoms with van der Waals surface area (Å²) >= 11 is 0. The first kappa shape index (κ1) is 15.4. The molecule has 0 bridgehead atoms. The van der Waals surface area contributed by atoms with Gasteiger partial charge in [0.25, 0.3) is 10.2 Å². The highest BCUT2D eigenvalue weighted by atomic mass is 32.2. The van der Waals surface area contributed by atoms with E-state index in [0.29, 0.717) is 6.42 Å². The maximum atomic E-state index is 12.0. The van der Waals surface area contributed by atoms with Crippen molar-refractivity contribution in [2.45, 2.75) is 31.8 Å². The molecule has 1 saturated heterocycles. The van der Waals surface area contributed by atoms with E-state index in [4.69, 9.17) is 5.11 Å². The lowest BCUT2D eigenvalue weighted by molar-refractivity contribution is -0.137. The Bertz CT molecular complexity index is 402. The first-order valence-corrected chi connectivity index (χ1v) is 7.26. The molecular formula is C10H20N2O5S. The van der Waals surface area contributed by atoms with Crippen LogP contribution in [0.5, 0.6) is 0 Å². The number of carboxylic acid groups (broad SMARTS) is 1. The van der Waals surface area contributed by atoms with Crippen LogP contribution < -0.4 is 0 Å². The van der Waals surface area contributed by atoms with Gasteiger partial charge >= 0.3 is 5.97 Å². The highest BCUT2D eigenvalue weighted by molar-refractivity contribution is 7.86. The van der Waals surface area contributed by atoms with Crippen molar-refractivity contribution in [2.75, 3.05) is 26.7 Å². The molecule has 7 nitrogen and oxygen atoms in total. The fourth-order valence-corrected chi connectivity index (χ4v) is 3.49. The number of hydrogen-bond donors (Lipinski definition) is 2. The van der Waals surface area contributed by atoms with Gasteiger partial charge in [-0.2, -0.15) is 17.0 Å². The molecule has 106 valence electrons. The molecule has 18 heavy (non-hydrogen) atoms. The summed E-state index contributed by atoms with van der Waals surface area (Å²) < 4.78 is 26.1. The third-order valence-corrected chi connectivity index (χ3v) is 4.90. The van der Waals surface area contributed by atoms with E-state index in [1.165, 1.54) is 11.4 Å². The molecule has 0 atom stereocenters. The Labute approximate surface area is 107 Å². The average molecular weight is 280 g/mol. The summed E-state index contributed by atoms with van der Waals surface area (Å²) in [5, 5.41) is 18.4. The van der Waals surface area contributed by atoms with E-state index >= 15 is 0 Å². The fraction of sp³-hybridized carbons (Fsp3) is 0.900. The second kappa shape index (κ2) is 5.52. The third-order valence-electron chi connectivity index (χ3n) is 3.02. The smallest absolute Gasteiger partial charge is 0.304 e. The van der Waals surface area contributed by atoms with Gasteiger partial charge in [-0.1, -0.05) is 13.3 Å². The largest absolute Gasteiger partial charge is 0.481 e. The van der Waals surface area contributed by atoms with Crippen LogP contribution in [0.25, 0.3) is 0 Å². The Kier molecular flexibility index (Phi) is 4.71. The van der Waals surface area contributed by atoms with Crippen molar-refractivity contribution in [1.29, 1.82) is 0 Å². The molecule has 1 heterocycles. The molecule has 0 aromatic rings. The SMILES string of the molecule is CCCC1(O)CN(S(=O)(=O)N(C)CCC(=O)O)C1. The number of carboxylic acids is 1. The lowest BCUT2D eigenvalue weighted by Crippen LogP contribution is -2.65. The summed E-state index contributed by atoms with van der Waals surface area (Å²) in [5.41, 5.74) is -0.921. The molecule has 0 spiro atoms. The number of aliphatic carboxylic acids is 1. The van der Waals surface area contributed by atoms with Crippen molar-refractivity contribution in [3.05, 3.63) is 0 Å². The molecular weight excluding hydrogens is 260 g/mol. The van der Waals surface area contributed by atoms with E-state index < -0.39 is 21.8 Å². The fourth-order valence-electron chi connectivity index (χ4n) is 1.96. The number of nitrogens with zero attached hydrogens (tertiary/aromatic N) is 2. The number of rotatable bonds is 7. The Morgan fingerprint density at radius 2 is 2.00 bits per heavy atom. The Hall–Kier alpha value is -0.700.